The van der Waals surface area contributed by atoms with Gasteiger partial charge < -0.3 is 5.32 Å². The van der Waals surface area contributed by atoms with Gasteiger partial charge in [0.05, 0.1) is 5.75 Å². The predicted molar refractivity (Wildman–Crippen MR) is 77.5 cm³/mol. The second-order valence-electron chi connectivity index (χ2n) is 5.42. The van der Waals surface area contributed by atoms with E-state index < -0.39 is 10.0 Å². The summed E-state index contributed by atoms with van der Waals surface area (Å²) in [5, 5.41) is 3.69. The standard InChI is InChI=1S/C12H24N2O2S2/c1-10-11(2)17-7-6-14(10)18(15,16)9-12-4-3-5-13-8-12/h10-13H,3-9H2,1-2H3. The van der Waals surface area contributed by atoms with Crippen LogP contribution in [0.4, 0.5) is 0 Å². The molecular weight excluding hydrogens is 268 g/mol. The maximum atomic E-state index is 12.5. The van der Waals surface area contributed by atoms with Crippen molar-refractivity contribution in [1.82, 2.24) is 9.62 Å². The van der Waals surface area contributed by atoms with Gasteiger partial charge in [-0.1, -0.05) is 6.92 Å². The first-order valence-electron chi connectivity index (χ1n) is 6.82. The summed E-state index contributed by atoms with van der Waals surface area (Å²) in [6, 6.07) is 0.130. The molecule has 2 fully saturated rings. The largest absolute Gasteiger partial charge is 0.316 e. The molecule has 0 radical (unpaired) electrons. The van der Waals surface area contributed by atoms with Crippen LogP contribution in [0.5, 0.6) is 0 Å². The van der Waals surface area contributed by atoms with Gasteiger partial charge in [-0.3, -0.25) is 0 Å². The molecule has 2 saturated heterocycles. The van der Waals surface area contributed by atoms with Gasteiger partial charge in [-0.25, -0.2) is 8.42 Å². The minimum absolute atomic E-state index is 0.130. The molecule has 0 spiro atoms. The van der Waals surface area contributed by atoms with Crippen molar-refractivity contribution in [2.24, 2.45) is 5.92 Å². The van der Waals surface area contributed by atoms with Crippen LogP contribution in [0.1, 0.15) is 26.7 Å². The molecule has 2 rings (SSSR count). The quantitative estimate of drug-likeness (QED) is 0.847. The van der Waals surface area contributed by atoms with E-state index in [2.05, 4.69) is 12.2 Å². The van der Waals surface area contributed by atoms with E-state index in [1.807, 2.05) is 18.7 Å². The summed E-state index contributed by atoms with van der Waals surface area (Å²) >= 11 is 1.87. The third kappa shape index (κ3) is 3.40. The predicted octanol–water partition coefficient (Wildman–Crippen LogP) is 1.14. The minimum Gasteiger partial charge on any atom is -0.316 e. The van der Waals surface area contributed by atoms with E-state index >= 15 is 0 Å². The van der Waals surface area contributed by atoms with Crippen molar-refractivity contribution in [2.75, 3.05) is 31.1 Å². The first-order valence-corrected chi connectivity index (χ1v) is 9.48. The third-order valence-electron chi connectivity index (χ3n) is 4.03. The first-order chi connectivity index (χ1) is 8.50. The number of thioether (sulfide) groups is 1. The Morgan fingerprint density at radius 1 is 1.39 bits per heavy atom. The Kier molecular flexibility index (Phi) is 4.97. The molecule has 0 aliphatic carbocycles. The Morgan fingerprint density at radius 2 is 2.17 bits per heavy atom. The van der Waals surface area contributed by atoms with Crippen LogP contribution in [0.3, 0.4) is 0 Å². The Bertz CT molecular complexity index is 366. The highest BCUT2D eigenvalue weighted by molar-refractivity contribution is 8.00. The van der Waals surface area contributed by atoms with Gasteiger partial charge in [-0.2, -0.15) is 16.1 Å². The monoisotopic (exact) mass is 292 g/mol. The normalized spacial score (nSPS) is 35.6. The smallest absolute Gasteiger partial charge is 0.214 e. The molecular formula is C12H24N2O2S2. The lowest BCUT2D eigenvalue weighted by molar-refractivity contribution is 0.330. The van der Waals surface area contributed by atoms with E-state index in [-0.39, 0.29) is 6.04 Å². The van der Waals surface area contributed by atoms with E-state index in [1.165, 1.54) is 0 Å². The molecule has 4 nitrogen and oxygen atoms in total. The Morgan fingerprint density at radius 3 is 2.83 bits per heavy atom. The fourth-order valence-electron chi connectivity index (χ4n) is 2.76. The number of hydrogen-bond acceptors (Lipinski definition) is 4. The number of nitrogens with zero attached hydrogens (tertiary/aromatic N) is 1. The van der Waals surface area contributed by atoms with Gasteiger partial charge in [0.15, 0.2) is 0 Å². The summed E-state index contributed by atoms with van der Waals surface area (Å²) in [6.07, 6.45) is 2.14. The topological polar surface area (TPSA) is 49.4 Å². The van der Waals surface area contributed by atoms with Crippen LogP contribution in [0.25, 0.3) is 0 Å². The van der Waals surface area contributed by atoms with Gasteiger partial charge in [0.2, 0.25) is 10.0 Å². The average Bonchev–Trinajstić information content (AvgIpc) is 2.33. The summed E-state index contributed by atoms with van der Waals surface area (Å²) in [7, 11) is -3.09. The minimum atomic E-state index is -3.09. The fourth-order valence-corrected chi connectivity index (χ4v) is 6.18. The van der Waals surface area contributed by atoms with Crippen molar-refractivity contribution < 1.29 is 8.42 Å². The highest BCUT2D eigenvalue weighted by Crippen LogP contribution is 2.27. The van der Waals surface area contributed by atoms with Crippen LogP contribution in [-0.4, -0.2) is 55.2 Å². The highest BCUT2D eigenvalue weighted by Gasteiger charge is 2.35. The second-order valence-corrected chi connectivity index (χ2v) is 8.87. The molecule has 0 aromatic rings. The number of hydrogen-bond donors (Lipinski definition) is 1. The molecule has 0 saturated carbocycles. The molecule has 2 aliphatic heterocycles. The summed E-state index contributed by atoms with van der Waals surface area (Å²) < 4.78 is 26.7. The summed E-state index contributed by atoms with van der Waals surface area (Å²) in [5.74, 6) is 1.54. The Balaban J connectivity index is 2.00. The molecule has 2 heterocycles. The molecule has 0 bridgehead atoms. The lowest BCUT2D eigenvalue weighted by atomic mass is 10.0. The Labute approximate surface area is 115 Å². The molecule has 6 heteroatoms. The van der Waals surface area contributed by atoms with Crippen LogP contribution in [-0.2, 0) is 10.0 Å². The first kappa shape index (κ1) is 14.6. The van der Waals surface area contributed by atoms with Crippen molar-refractivity contribution >= 4 is 21.8 Å². The molecule has 3 unspecified atom stereocenters. The van der Waals surface area contributed by atoms with Crippen LogP contribution >= 0.6 is 11.8 Å². The fraction of sp³-hybridized carbons (Fsp3) is 1.00. The maximum absolute atomic E-state index is 12.5. The number of nitrogens with one attached hydrogen (secondary N) is 1. The number of piperidine rings is 1. The van der Waals surface area contributed by atoms with Crippen LogP contribution < -0.4 is 5.32 Å². The van der Waals surface area contributed by atoms with Crippen molar-refractivity contribution in [2.45, 2.75) is 38.0 Å². The zero-order chi connectivity index (χ0) is 13.2. The summed E-state index contributed by atoms with van der Waals surface area (Å²) in [6.45, 7) is 6.72. The van der Waals surface area contributed by atoms with Crippen LogP contribution in [0, 0.1) is 5.92 Å². The zero-order valence-corrected chi connectivity index (χ0v) is 12.9. The lowest BCUT2D eigenvalue weighted by Crippen LogP contribution is -2.50. The van der Waals surface area contributed by atoms with Crippen molar-refractivity contribution in [3.8, 4) is 0 Å². The van der Waals surface area contributed by atoms with Gasteiger partial charge in [-0.15, -0.1) is 0 Å². The molecule has 0 aromatic carbocycles. The van der Waals surface area contributed by atoms with Crippen LogP contribution in [0.2, 0.25) is 0 Å². The Hall–Kier alpha value is 0.220. The number of sulfonamides is 1. The average molecular weight is 292 g/mol. The van der Waals surface area contributed by atoms with E-state index in [4.69, 9.17) is 0 Å². The highest BCUT2D eigenvalue weighted by atomic mass is 32.2. The van der Waals surface area contributed by atoms with E-state index in [1.54, 1.807) is 4.31 Å². The number of rotatable bonds is 3. The van der Waals surface area contributed by atoms with Gasteiger partial charge in [0, 0.05) is 23.6 Å². The molecule has 106 valence electrons. The van der Waals surface area contributed by atoms with E-state index in [0.29, 0.717) is 23.5 Å². The maximum Gasteiger partial charge on any atom is 0.214 e. The van der Waals surface area contributed by atoms with Gasteiger partial charge in [-0.05, 0) is 38.8 Å². The lowest BCUT2D eigenvalue weighted by Gasteiger charge is -2.37. The molecule has 2 aliphatic rings. The summed E-state index contributed by atoms with van der Waals surface area (Å²) in [5.41, 5.74) is 0. The van der Waals surface area contributed by atoms with E-state index in [0.717, 1.165) is 31.7 Å². The van der Waals surface area contributed by atoms with Gasteiger partial charge in [0.25, 0.3) is 0 Å². The van der Waals surface area contributed by atoms with Gasteiger partial charge in [0.1, 0.15) is 0 Å². The van der Waals surface area contributed by atoms with Crippen molar-refractivity contribution in [3.05, 3.63) is 0 Å². The molecule has 1 N–H and O–H groups in total. The second kappa shape index (κ2) is 6.11. The van der Waals surface area contributed by atoms with Crippen LogP contribution in [0.15, 0.2) is 0 Å². The SMILES string of the molecule is CC1SCCN(S(=O)(=O)CC2CCCNC2)C1C. The zero-order valence-electron chi connectivity index (χ0n) is 11.3. The van der Waals surface area contributed by atoms with E-state index in [9.17, 15) is 8.42 Å². The van der Waals surface area contributed by atoms with Gasteiger partial charge >= 0.3 is 0 Å². The molecule has 18 heavy (non-hydrogen) atoms. The van der Waals surface area contributed by atoms with Crippen molar-refractivity contribution in [3.63, 3.8) is 0 Å². The molecule has 0 aromatic heterocycles. The van der Waals surface area contributed by atoms with Crippen molar-refractivity contribution in [1.29, 1.82) is 0 Å². The molecule has 3 atom stereocenters. The summed E-state index contributed by atoms with van der Waals surface area (Å²) in [4.78, 5) is 0. The molecule has 0 amide bonds. The third-order valence-corrected chi connectivity index (χ3v) is 7.49.